The molecule has 0 aliphatic carbocycles. The number of carboxylic acids is 1. The van der Waals surface area contributed by atoms with Crippen LogP contribution < -0.4 is 64.2 Å². The molecule has 4 heteroatoms. The van der Waals surface area contributed by atoms with Crippen molar-refractivity contribution < 1.29 is 69.0 Å². The van der Waals surface area contributed by atoms with Crippen molar-refractivity contribution in [2.45, 2.75) is 27.7 Å². The fourth-order valence-corrected chi connectivity index (χ4v) is 1.23. The predicted molar refractivity (Wildman–Crippen MR) is 87.2 cm³/mol. The number of carbonyl (C=O) groups is 1. The minimum absolute atomic E-state index is 0. The zero-order chi connectivity index (χ0) is 16.1. The molecule has 0 rings (SSSR count). The second-order valence-electron chi connectivity index (χ2n) is 4.52. The molecule has 0 atom stereocenters. The van der Waals surface area contributed by atoms with E-state index >= 15 is 0 Å². The van der Waals surface area contributed by atoms with Crippen LogP contribution in [-0.4, -0.2) is 5.97 Å². The molecule has 0 saturated heterocycles. The molecule has 0 amide bonds. The van der Waals surface area contributed by atoms with Crippen LogP contribution in [0.25, 0.3) is 0 Å². The maximum absolute atomic E-state index is 10.5. The van der Waals surface area contributed by atoms with Crippen molar-refractivity contribution in [2.24, 2.45) is 0 Å². The summed E-state index contributed by atoms with van der Waals surface area (Å²) in [4.78, 5) is 10.5. The van der Waals surface area contributed by atoms with Gasteiger partial charge in [0.25, 0.3) is 0 Å². The summed E-state index contributed by atoms with van der Waals surface area (Å²) in [5.74, 6) is -1.15. The molecule has 0 spiro atoms. The van der Waals surface area contributed by atoms with Gasteiger partial charge >= 0.3 is 59.1 Å². The molecule has 0 heterocycles. The Labute approximate surface area is 184 Å². The molecule has 0 aromatic rings. The molecule has 0 bridgehead atoms. The van der Waals surface area contributed by atoms with Gasteiger partial charge in [0.1, 0.15) is 0 Å². The van der Waals surface area contributed by atoms with Crippen LogP contribution in [0.4, 0.5) is 0 Å². The van der Waals surface area contributed by atoms with Crippen LogP contribution in [0.15, 0.2) is 77.5 Å². The van der Waals surface area contributed by atoms with E-state index in [-0.39, 0.29) is 64.7 Å². The SMILES string of the molecule is C[C-]=C/C=C/C(C)=C/C=C/C=C(C)/C=C/C=C(\C)C(=O)[O-].[Na+].[Na+]. The van der Waals surface area contributed by atoms with Crippen LogP contribution in [-0.2, 0) is 4.79 Å². The fraction of sp³-hybridized carbons (Fsp3) is 0.211. The summed E-state index contributed by atoms with van der Waals surface area (Å²) < 4.78 is 0. The smallest absolute Gasteiger partial charge is 0.545 e. The van der Waals surface area contributed by atoms with E-state index in [1.807, 2.05) is 69.4 Å². The average Bonchev–Trinajstić information content (AvgIpc) is 2.43. The van der Waals surface area contributed by atoms with E-state index in [1.165, 1.54) is 13.0 Å². The molecule has 0 aromatic heterocycles. The largest absolute Gasteiger partial charge is 1.00 e. The fourth-order valence-electron chi connectivity index (χ4n) is 1.23. The summed E-state index contributed by atoms with van der Waals surface area (Å²) in [5.41, 5.74) is 2.38. The summed E-state index contributed by atoms with van der Waals surface area (Å²) >= 11 is 0. The van der Waals surface area contributed by atoms with Gasteiger partial charge in [-0.2, -0.15) is 0 Å². The molecule has 23 heavy (non-hydrogen) atoms. The monoisotopic (exact) mass is 328 g/mol. The maximum atomic E-state index is 10.5. The first-order chi connectivity index (χ1) is 9.97. The summed E-state index contributed by atoms with van der Waals surface area (Å²) in [7, 11) is 0. The molecule has 2 nitrogen and oxygen atoms in total. The van der Waals surface area contributed by atoms with Gasteiger partial charge in [-0.25, -0.2) is 12.2 Å². The van der Waals surface area contributed by atoms with Crippen LogP contribution in [0.2, 0.25) is 0 Å². The minimum atomic E-state index is -1.15. The summed E-state index contributed by atoms with van der Waals surface area (Å²) in [6, 6.07) is 0. The Morgan fingerprint density at radius 2 is 1.30 bits per heavy atom. The van der Waals surface area contributed by atoms with Crippen molar-refractivity contribution in [3.8, 4) is 0 Å². The minimum Gasteiger partial charge on any atom is -0.545 e. The second kappa shape index (κ2) is 18.0. The summed E-state index contributed by atoms with van der Waals surface area (Å²) in [5, 5.41) is 10.5. The zero-order valence-electron chi connectivity index (χ0n) is 15.1. The molecule has 0 fully saturated rings. The number of allylic oxidation sites excluding steroid dienone is 13. The number of carboxylic acid groups (broad SMARTS) is 1. The van der Waals surface area contributed by atoms with Gasteiger partial charge in [-0.1, -0.05) is 53.7 Å². The maximum Gasteiger partial charge on any atom is 1.00 e. The first-order valence-electron chi connectivity index (χ1n) is 6.72. The van der Waals surface area contributed by atoms with Crippen molar-refractivity contribution in [3.63, 3.8) is 0 Å². The molecular formula is C19H22Na2O2. The number of hydrogen-bond donors (Lipinski definition) is 0. The first kappa shape index (κ1) is 27.5. The third-order valence-corrected chi connectivity index (χ3v) is 2.48. The van der Waals surface area contributed by atoms with E-state index in [4.69, 9.17) is 0 Å². The van der Waals surface area contributed by atoms with Crippen molar-refractivity contribution in [1.29, 1.82) is 0 Å². The Balaban J connectivity index is -0.00000200. The van der Waals surface area contributed by atoms with Gasteiger partial charge in [0.15, 0.2) is 0 Å². The zero-order valence-corrected chi connectivity index (χ0v) is 19.1. The molecule has 0 N–H and O–H groups in total. The van der Waals surface area contributed by atoms with Gasteiger partial charge in [0.2, 0.25) is 0 Å². The quantitative estimate of drug-likeness (QED) is 0.227. The van der Waals surface area contributed by atoms with Crippen LogP contribution in [0.1, 0.15) is 27.7 Å². The van der Waals surface area contributed by atoms with Crippen molar-refractivity contribution >= 4 is 5.97 Å². The van der Waals surface area contributed by atoms with E-state index in [0.717, 1.165) is 11.1 Å². The number of hydrogen-bond acceptors (Lipinski definition) is 2. The van der Waals surface area contributed by atoms with E-state index < -0.39 is 5.97 Å². The molecular weight excluding hydrogens is 306 g/mol. The molecule has 0 aliphatic heterocycles. The van der Waals surface area contributed by atoms with Gasteiger partial charge in [-0.15, -0.1) is 13.0 Å². The predicted octanol–water partition coefficient (Wildman–Crippen LogP) is -2.37. The molecule has 0 unspecified atom stereocenters. The molecule has 0 saturated carbocycles. The summed E-state index contributed by atoms with van der Waals surface area (Å²) in [6.07, 6.45) is 21.6. The molecule has 112 valence electrons. The van der Waals surface area contributed by atoms with Gasteiger partial charge in [0.05, 0.1) is 5.97 Å². The van der Waals surface area contributed by atoms with E-state index in [9.17, 15) is 9.90 Å². The van der Waals surface area contributed by atoms with E-state index in [1.54, 1.807) is 6.08 Å². The third kappa shape index (κ3) is 17.8. The number of aliphatic carboxylic acids is 1. The van der Waals surface area contributed by atoms with Gasteiger partial charge < -0.3 is 9.90 Å². The summed E-state index contributed by atoms with van der Waals surface area (Å²) in [6.45, 7) is 7.33. The molecule has 0 aliphatic rings. The normalized spacial score (nSPS) is 13.8. The van der Waals surface area contributed by atoms with Crippen molar-refractivity contribution in [1.82, 2.24) is 0 Å². The molecule has 0 aromatic carbocycles. The Bertz CT molecular complexity index is 546. The van der Waals surface area contributed by atoms with Crippen LogP contribution in [0, 0.1) is 6.08 Å². The van der Waals surface area contributed by atoms with Crippen molar-refractivity contribution in [2.75, 3.05) is 0 Å². The van der Waals surface area contributed by atoms with Crippen LogP contribution in [0.5, 0.6) is 0 Å². The van der Waals surface area contributed by atoms with E-state index in [0.29, 0.717) is 0 Å². The second-order valence-corrected chi connectivity index (χ2v) is 4.52. The molecule has 0 radical (unpaired) electrons. The standard InChI is InChI=1S/C19H23O2.2Na/c1-5-6-7-11-16(2)12-8-9-13-17(3)14-10-15-18(4)19(20)21;;/h6-15H,1-4H3,(H,20,21);;/q-1;2*+1/p-1/b9-8+,11-7+,14-10+,16-12+,17-13+,18-15+;;. The first-order valence-corrected chi connectivity index (χ1v) is 6.72. The third-order valence-electron chi connectivity index (χ3n) is 2.48. The van der Waals surface area contributed by atoms with E-state index in [2.05, 4.69) is 6.08 Å². The Hall–Kier alpha value is -0.350. The number of carbonyl (C=O) groups excluding carboxylic acids is 1. The Morgan fingerprint density at radius 3 is 1.74 bits per heavy atom. The number of rotatable bonds is 7. The van der Waals surface area contributed by atoms with Gasteiger partial charge in [-0.3, -0.25) is 6.08 Å². The van der Waals surface area contributed by atoms with Crippen molar-refractivity contribution in [3.05, 3.63) is 83.6 Å². The Morgan fingerprint density at radius 1 is 0.826 bits per heavy atom. The van der Waals surface area contributed by atoms with Crippen LogP contribution in [0.3, 0.4) is 0 Å². The topological polar surface area (TPSA) is 40.1 Å². The Kier molecular flexibility index (Phi) is 21.5. The van der Waals surface area contributed by atoms with Crippen LogP contribution >= 0.6 is 0 Å². The average molecular weight is 328 g/mol. The van der Waals surface area contributed by atoms with Gasteiger partial charge in [0, 0.05) is 0 Å². The van der Waals surface area contributed by atoms with Gasteiger partial charge in [-0.05, 0) is 26.3 Å².